The van der Waals surface area contributed by atoms with E-state index < -0.39 is 0 Å². The number of fused-ring (bicyclic) bond motifs is 2. The van der Waals surface area contributed by atoms with Crippen molar-refractivity contribution >= 4 is 35.0 Å². The van der Waals surface area contributed by atoms with Gasteiger partial charge >= 0.3 is 0 Å². The van der Waals surface area contributed by atoms with Gasteiger partial charge in [0.25, 0.3) is 11.8 Å². The van der Waals surface area contributed by atoms with E-state index in [0.29, 0.717) is 35.7 Å². The Labute approximate surface area is 172 Å². The van der Waals surface area contributed by atoms with Gasteiger partial charge < -0.3 is 19.4 Å². The SMILES string of the molecule is COCCN1C(=O)c2ccccc2Sc2cc(NC(=O)c3ccoc3C)ccc21. The first-order chi connectivity index (χ1) is 14.1. The topological polar surface area (TPSA) is 71.8 Å². The number of nitrogens with zero attached hydrogens (tertiary/aromatic N) is 1. The van der Waals surface area contributed by atoms with Crippen LogP contribution in [0.4, 0.5) is 11.4 Å². The summed E-state index contributed by atoms with van der Waals surface area (Å²) in [4.78, 5) is 29.2. The number of nitrogens with one attached hydrogen (secondary N) is 1. The first-order valence-corrected chi connectivity index (χ1v) is 9.97. The van der Waals surface area contributed by atoms with E-state index >= 15 is 0 Å². The van der Waals surface area contributed by atoms with Crippen LogP contribution in [-0.4, -0.2) is 32.1 Å². The average Bonchev–Trinajstić information content (AvgIpc) is 3.11. The van der Waals surface area contributed by atoms with E-state index in [1.165, 1.54) is 18.0 Å². The van der Waals surface area contributed by atoms with Gasteiger partial charge in [0.15, 0.2) is 0 Å². The van der Waals surface area contributed by atoms with Crippen molar-refractivity contribution in [2.24, 2.45) is 0 Å². The quantitative estimate of drug-likeness (QED) is 0.668. The number of methoxy groups -OCH3 is 1. The molecule has 0 bridgehead atoms. The fraction of sp³-hybridized carbons (Fsp3) is 0.182. The Morgan fingerprint density at radius 3 is 2.76 bits per heavy atom. The van der Waals surface area contributed by atoms with Crippen LogP contribution >= 0.6 is 11.8 Å². The Bertz CT molecular complexity index is 1080. The summed E-state index contributed by atoms with van der Waals surface area (Å²) >= 11 is 1.51. The Morgan fingerprint density at radius 2 is 2.00 bits per heavy atom. The van der Waals surface area contributed by atoms with Crippen molar-refractivity contribution in [3.63, 3.8) is 0 Å². The van der Waals surface area contributed by atoms with Gasteiger partial charge in [-0.15, -0.1) is 0 Å². The molecule has 0 radical (unpaired) electrons. The van der Waals surface area contributed by atoms with E-state index in [0.717, 1.165) is 15.5 Å². The van der Waals surface area contributed by atoms with Crippen LogP contribution in [0.1, 0.15) is 26.5 Å². The standard InChI is InChI=1S/C22H20N2O4S/c1-14-16(9-11-28-14)21(25)23-15-7-8-18-20(13-15)29-19-6-4-3-5-17(19)22(26)24(18)10-12-27-2/h3-9,11,13H,10,12H2,1-2H3,(H,23,25). The maximum absolute atomic E-state index is 13.1. The summed E-state index contributed by atoms with van der Waals surface area (Å²) in [5.41, 5.74) is 2.60. The molecule has 6 nitrogen and oxygen atoms in total. The van der Waals surface area contributed by atoms with Crippen molar-refractivity contribution in [1.29, 1.82) is 0 Å². The van der Waals surface area contributed by atoms with Crippen molar-refractivity contribution in [3.05, 3.63) is 71.7 Å². The largest absolute Gasteiger partial charge is 0.469 e. The highest BCUT2D eigenvalue weighted by Gasteiger charge is 2.27. The number of anilines is 2. The second kappa shape index (κ2) is 8.14. The molecule has 0 aliphatic carbocycles. The Balaban J connectivity index is 1.70. The molecular weight excluding hydrogens is 388 g/mol. The van der Waals surface area contributed by atoms with Crippen molar-refractivity contribution in [3.8, 4) is 0 Å². The van der Waals surface area contributed by atoms with Gasteiger partial charge in [0, 0.05) is 29.1 Å². The highest BCUT2D eigenvalue weighted by atomic mass is 32.2. The summed E-state index contributed by atoms with van der Waals surface area (Å²) in [5, 5.41) is 2.91. The predicted octanol–water partition coefficient (Wildman–Crippen LogP) is 4.60. The Kier molecular flexibility index (Phi) is 5.42. The molecule has 148 valence electrons. The number of carbonyl (C=O) groups excluding carboxylic acids is 2. The normalized spacial score (nSPS) is 12.9. The molecule has 1 N–H and O–H groups in total. The molecule has 0 spiro atoms. The van der Waals surface area contributed by atoms with Gasteiger partial charge in [-0.3, -0.25) is 9.59 Å². The molecule has 2 aromatic carbocycles. The van der Waals surface area contributed by atoms with Gasteiger partial charge in [0.2, 0.25) is 0 Å². The summed E-state index contributed by atoms with van der Waals surface area (Å²) in [6, 6.07) is 14.7. The van der Waals surface area contributed by atoms with Gasteiger partial charge in [-0.05, 0) is 43.3 Å². The lowest BCUT2D eigenvalue weighted by molar-refractivity contribution is 0.0971. The zero-order chi connectivity index (χ0) is 20.4. The number of hydrogen-bond donors (Lipinski definition) is 1. The minimum absolute atomic E-state index is 0.0605. The molecule has 0 fully saturated rings. The average molecular weight is 408 g/mol. The van der Waals surface area contributed by atoms with Crippen LogP contribution in [0.15, 0.2) is 69.0 Å². The molecule has 0 unspecified atom stereocenters. The summed E-state index contributed by atoms with van der Waals surface area (Å²) in [7, 11) is 1.61. The molecule has 4 rings (SSSR count). The maximum Gasteiger partial charge on any atom is 0.259 e. The van der Waals surface area contributed by atoms with E-state index in [4.69, 9.17) is 9.15 Å². The summed E-state index contributed by atoms with van der Waals surface area (Å²) in [6.45, 7) is 2.62. The number of amides is 2. The minimum atomic E-state index is -0.234. The van der Waals surface area contributed by atoms with Gasteiger partial charge in [-0.2, -0.15) is 0 Å². The summed E-state index contributed by atoms with van der Waals surface area (Å²) in [5.74, 6) is 0.272. The second-order valence-electron chi connectivity index (χ2n) is 6.57. The molecule has 3 aromatic rings. The number of benzene rings is 2. The molecule has 2 amide bonds. The van der Waals surface area contributed by atoms with Crippen LogP contribution < -0.4 is 10.2 Å². The molecule has 0 saturated heterocycles. The second-order valence-corrected chi connectivity index (χ2v) is 7.66. The van der Waals surface area contributed by atoms with Crippen molar-refractivity contribution in [1.82, 2.24) is 0 Å². The first-order valence-electron chi connectivity index (χ1n) is 9.15. The number of rotatable bonds is 5. The van der Waals surface area contributed by atoms with Crippen molar-refractivity contribution < 1.29 is 18.7 Å². The van der Waals surface area contributed by atoms with E-state index in [1.807, 2.05) is 36.4 Å². The molecule has 2 heterocycles. The van der Waals surface area contributed by atoms with E-state index in [2.05, 4.69) is 5.32 Å². The number of carbonyl (C=O) groups is 2. The van der Waals surface area contributed by atoms with E-state index in [1.54, 1.807) is 31.1 Å². The molecule has 29 heavy (non-hydrogen) atoms. The third-order valence-corrected chi connectivity index (χ3v) is 5.84. The van der Waals surface area contributed by atoms with Gasteiger partial charge in [-0.1, -0.05) is 23.9 Å². The van der Waals surface area contributed by atoms with Gasteiger partial charge in [-0.25, -0.2) is 0 Å². The lowest BCUT2D eigenvalue weighted by Gasteiger charge is -2.23. The zero-order valence-corrected chi connectivity index (χ0v) is 16.9. The zero-order valence-electron chi connectivity index (χ0n) is 16.1. The number of hydrogen-bond acceptors (Lipinski definition) is 5. The third-order valence-electron chi connectivity index (χ3n) is 4.71. The van der Waals surface area contributed by atoms with Crippen molar-refractivity contribution in [2.75, 3.05) is 30.5 Å². The molecule has 7 heteroatoms. The highest BCUT2D eigenvalue weighted by Crippen LogP contribution is 2.42. The Morgan fingerprint density at radius 1 is 1.17 bits per heavy atom. The fourth-order valence-electron chi connectivity index (χ4n) is 3.23. The molecule has 1 aliphatic heterocycles. The molecular formula is C22H20N2O4S. The smallest absolute Gasteiger partial charge is 0.259 e. The molecule has 0 atom stereocenters. The molecule has 0 saturated carbocycles. The van der Waals surface area contributed by atoms with E-state index in [9.17, 15) is 9.59 Å². The van der Waals surface area contributed by atoms with Crippen LogP contribution in [-0.2, 0) is 4.74 Å². The summed E-state index contributed by atoms with van der Waals surface area (Å²) in [6.07, 6.45) is 1.49. The lowest BCUT2D eigenvalue weighted by Crippen LogP contribution is -2.33. The predicted molar refractivity (Wildman–Crippen MR) is 112 cm³/mol. The minimum Gasteiger partial charge on any atom is -0.469 e. The van der Waals surface area contributed by atoms with Crippen LogP contribution in [0.2, 0.25) is 0 Å². The third kappa shape index (κ3) is 3.79. The number of furan rings is 1. The van der Waals surface area contributed by atoms with E-state index in [-0.39, 0.29) is 11.8 Å². The summed E-state index contributed by atoms with van der Waals surface area (Å²) < 4.78 is 10.4. The van der Waals surface area contributed by atoms with Gasteiger partial charge in [0.1, 0.15) is 5.76 Å². The van der Waals surface area contributed by atoms with Crippen LogP contribution in [0.3, 0.4) is 0 Å². The Hall–Kier alpha value is -3.03. The van der Waals surface area contributed by atoms with Crippen LogP contribution in [0.5, 0.6) is 0 Å². The maximum atomic E-state index is 13.1. The molecule has 1 aliphatic rings. The monoisotopic (exact) mass is 408 g/mol. The fourth-order valence-corrected chi connectivity index (χ4v) is 4.34. The highest BCUT2D eigenvalue weighted by molar-refractivity contribution is 7.99. The number of aryl methyl sites for hydroxylation is 1. The lowest BCUT2D eigenvalue weighted by atomic mass is 10.1. The van der Waals surface area contributed by atoms with Crippen LogP contribution in [0.25, 0.3) is 0 Å². The number of ether oxygens (including phenoxy) is 1. The van der Waals surface area contributed by atoms with Crippen LogP contribution in [0, 0.1) is 6.92 Å². The first kappa shape index (κ1) is 19.3. The van der Waals surface area contributed by atoms with Gasteiger partial charge in [0.05, 0.1) is 29.7 Å². The molecule has 1 aromatic heterocycles. The van der Waals surface area contributed by atoms with Crippen molar-refractivity contribution in [2.45, 2.75) is 16.7 Å².